The lowest BCUT2D eigenvalue weighted by atomic mass is 9.96. The average Bonchev–Trinajstić information content (AvgIpc) is 3.68. The molecule has 9 nitrogen and oxygen atoms in total. The molecule has 44 heavy (non-hydrogen) atoms. The van der Waals surface area contributed by atoms with Gasteiger partial charge in [0.1, 0.15) is 12.1 Å². The van der Waals surface area contributed by atoms with Crippen LogP contribution in [0.3, 0.4) is 0 Å². The summed E-state index contributed by atoms with van der Waals surface area (Å²) in [6.45, 7) is 6.76. The van der Waals surface area contributed by atoms with Gasteiger partial charge >= 0.3 is 6.18 Å². The molecule has 1 aliphatic heterocycles. The van der Waals surface area contributed by atoms with Crippen LogP contribution in [0, 0.1) is 28.1 Å². The van der Waals surface area contributed by atoms with Crippen molar-refractivity contribution in [3.05, 3.63) is 83.6 Å². The molecule has 2 aromatic carbocycles. The van der Waals surface area contributed by atoms with Crippen LogP contribution in [0.25, 0.3) is 21.7 Å². The van der Waals surface area contributed by atoms with E-state index in [9.17, 15) is 23.7 Å². The van der Waals surface area contributed by atoms with Gasteiger partial charge in [-0.2, -0.15) is 23.7 Å². The molecule has 0 bridgehead atoms. The standard InChI is InChI=1S/C32H30F3N9/c1-30(2,3)18-40-28-21(13-37)15-39-27-20(12-36)10-22(11-24(27)28)41-29(25-16-38-14-19-6-4-5-7-23(19)25)26-17-44(43-42-26)31(8-9-31)32(33,34)35/h4-7,10-11,14-17,29,41-43H,8-9,18H2,1-3H3,(H,39,40)/t29-/m0/s1. The Morgan fingerprint density at radius 3 is 2.45 bits per heavy atom. The molecule has 1 aliphatic carbocycles. The van der Waals surface area contributed by atoms with Crippen molar-refractivity contribution in [2.75, 3.05) is 17.2 Å². The van der Waals surface area contributed by atoms with Crippen LogP contribution in [0.1, 0.15) is 56.3 Å². The summed E-state index contributed by atoms with van der Waals surface area (Å²) in [7, 11) is 0. The van der Waals surface area contributed by atoms with E-state index < -0.39 is 17.8 Å². The quantitative estimate of drug-likeness (QED) is 0.192. The minimum absolute atomic E-state index is 0.0162. The van der Waals surface area contributed by atoms with Crippen LogP contribution in [0.15, 0.2) is 66.9 Å². The van der Waals surface area contributed by atoms with Crippen LogP contribution in [0.4, 0.5) is 24.5 Å². The van der Waals surface area contributed by atoms with Crippen LogP contribution in [0.5, 0.6) is 0 Å². The van der Waals surface area contributed by atoms with Crippen molar-refractivity contribution < 1.29 is 13.2 Å². The number of fused-ring (bicyclic) bond motifs is 2. The molecule has 0 spiro atoms. The molecule has 2 aliphatic rings. The second-order valence-electron chi connectivity index (χ2n) is 12.4. The fourth-order valence-corrected chi connectivity index (χ4v) is 5.44. The van der Waals surface area contributed by atoms with E-state index in [1.54, 1.807) is 24.5 Å². The molecule has 12 heteroatoms. The number of anilines is 2. The number of alkyl halides is 3. The van der Waals surface area contributed by atoms with Crippen molar-refractivity contribution in [2.45, 2.75) is 51.4 Å². The Morgan fingerprint density at radius 2 is 1.77 bits per heavy atom. The van der Waals surface area contributed by atoms with Gasteiger partial charge in [0.25, 0.3) is 0 Å². The van der Waals surface area contributed by atoms with E-state index in [4.69, 9.17) is 0 Å². The number of aromatic nitrogens is 2. The van der Waals surface area contributed by atoms with Gasteiger partial charge in [-0.15, -0.1) is 5.53 Å². The summed E-state index contributed by atoms with van der Waals surface area (Å²) >= 11 is 0. The van der Waals surface area contributed by atoms with E-state index in [2.05, 4.69) is 64.5 Å². The number of nitrogens with zero attached hydrogens (tertiary/aromatic N) is 5. The fourth-order valence-electron chi connectivity index (χ4n) is 5.44. The lowest BCUT2D eigenvalue weighted by Gasteiger charge is -2.28. The highest BCUT2D eigenvalue weighted by Gasteiger charge is 2.67. The Morgan fingerprint density at radius 1 is 1.02 bits per heavy atom. The maximum absolute atomic E-state index is 14.0. The van der Waals surface area contributed by atoms with Crippen LogP contribution in [-0.4, -0.2) is 33.2 Å². The number of hydrogen-bond donors (Lipinski definition) is 4. The molecular weight excluding hydrogens is 567 g/mol. The van der Waals surface area contributed by atoms with Crippen LogP contribution >= 0.6 is 0 Å². The zero-order valence-corrected chi connectivity index (χ0v) is 24.3. The van der Waals surface area contributed by atoms with Gasteiger partial charge in [-0.25, -0.2) is 0 Å². The molecule has 6 rings (SSSR count). The van der Waals surface area contributed by atoms with E-state index in [1.165, 1.54) is 12.4 Å². The van der Waals surface area contributed by atoms with Crippen molar-refractivity contribution in [1.82, 2.24) is 25.9 Å². The van der Waals surface area contributed by atoms with Crippen molar-refractivity contribution in [2.24, 2.45) is 5.41 Å². The first-order valence-electron chi connectivity index (χ1n) is 14.1. The second kappa shape index (κ2) is 10.6. The van der Waals surface area contributed by atoms with E-state index in [-0.39, 0.29) is 23.8 Å². The zero-order valence-electron chi connectivity index (χ0n) is 24.3. The molecule has 3 heterocycles. The van der Waals surface area contributed by atoms with Crippen molar-refractivity contribution in [3.8, 4) is 12.1 Å². The molecule has 0 radical (unpaired) electrons. The van der Waals surface area contributed by atoms with E-state index >= 15 is 0 Å². The fraction of sp³-hybridized carbons (Fsp3) is 0.312. The monoisotopic (exact) mass is 597 g/mol. The Labute approximate surface area is 252 Å². The highest BCUT2D eigenvalue weighted by molar-refractivity contribution is 5.99. The predicted octanol–water partition coefficient (Wildman–Crippen LogP) is 6.40. The molecular formula is C32H30F3N9. The van der Waals surface area contributed by atoms with Gasteiger partial charge in [0.2, 0.25) is 0 Å². The van der Waals surface area contributed by atoms with Gasteiger partial charge < -0.3 is 16.1 Å². The number of hydrogen-bond acceptors (Lipinski definition) is 9. The first-order valence-corrected chi connectivity index (χ1v) is 14.1. The lowest BCUT2D eigenvalue weighted by molar-refractivity contribution is -0.195. The zero-order chi connectivity index (χ0) is 31.3. The first kappa shape index (κ1) is 29.0. The summed E-state index contributed by atoms with van der Waals surface area (Å²) in [5, 5.41) is 30.2. The third-order valence-electron chi connectivity index (χ3n) is 7.94. The number of nitriles is 2. The lowest BCUT2D eigenvalue weighted by Crippen LogP contribution is -2.52. The molecule has 4 N–H and O–H groups in total. The number of nitrogens with one attached hydrogen (secondary N) is 4. The smallest absolute Gasteiger partial charge is 0.383 e. The molecule has 4 aromatic rings. The first-order chi connectivity index (χ1) is 20.9. The molecule has 2 aromatic heterocycles. The molecule has 0 amide bonds. The average molecular weight is 598 g/mol. The molecule has 0 saturated heterocycles. The van der Waals surface area contributed by atoms with Gasteiger partial charge in [0, 0.05) is 53.4 Å². The molecule has 1 fully saturated rings. The SMILES string of the molecule is CC(C)(C)CNc1c(C#N)cnc2c(C#N)cc(N[C@H](C3=CN(C4(C(F)(F)F)CC4)NN3)c3cncc4ccccc34)cc12. The third kappa shape index (κ3) is 5.18. The number of pyridine rings is 2. The second-order valence-corrected chi connectivity index (χ2v) is 12.4. The highest BCUT2D eigenvalue weighted by Crippen LogP contribution is 2.54. The summed E-state index contributed by atoms with van der Waals surface area (Å²) in [6, 6.07) is 14.8. The highest BCUT2D eigenvalue weighted by atomic mass is 19.4. The Bertz CT molecular complexity index is 1870. The maximum atomic E-state index is 14.0. The number of benzene rings is 2. The molecule has 1 saturated carbocycles. The summed E-state index contributed by atoms with van der Waals surface area (Å²) < 4.78 is 42.0. The number of rotatable bonds is 7. The summed E-state index contributed by atoms with van der Waals surface area (Å²) in [5.74, 6) is 0. The number of hydrazine groups is 2. The summed E-state index contributed by atoms with van der Waals surface area (Å²) in [4.78, 5) is 8.84. The van der Waals surface area contributed by atoms with Gasteiger partial charge in [0.15, 0.2) is 5.54 Å². The van der Waals surface area contributed by atoms with Gasteiger partial charge in [-0.05, 0) is 35.8 Å². The van der Waals surface area contributed by atoms with Crippen molar-refractivity contribution in [1.29, 1.82) is 10.5 Å². The van der Waals surface area contributed by atoms with Crippen LogP contribution in [-0.2, 0) is 0 Å². The van der Waals surface area contributed by atoms with Gasteiger partial charge in [0.05, 0.1) is 34.1 Å². The van der Waals surface area contributed by atoms with E-state index in [1.807, 2.05) is 24.3 Å². The van der Waals surface area contributed by atoms with Crippen molar-refractivity contribution >= 4 is 33.1 Å². The van der Waals surface area contributed by atoms with Gasteiger partial charge in [-0.3, -0.25) is 15.0 Å². The largest absolute Gasteiger partial charge is 0.413 e. The topological polar surface area (TPSA) is 125 Å². The summed E-state index contributed by atoms with van der Waals surface area (Å²) in [6.07, 6.45) is 1.85. The molecule has 224 valence electrons. The number of halogens is 3. The minimum Gasteiger partial charge on any atom is -0.383 e. The molecule has 0 unspecified atom stereocenters. The minimum atomic E-state index is -4.42. The third-order valence-corrected chi connectivity index (χ3v) is 7.94. The summed E-state index contributed by atoms with van der Waals surface area (Å²) in [5.41, 5.74) is 6.86. The Balaban J connectivity index is 1.49. The maximum Gasteiger partial charge on any atom is 0.413 e. The van der Waals surface area contributed by atoms with E-state index in [0.717, 1.165) is 21.3 Å². The Hall–Kier alpha value is -5.07. The molecule has 1 atom stereocenters. The Kier molecular flexibility index (Phi) is 6.98. The van der Waals surface area contributed by atoms with Crippen LogP contribution in [0.2, 0.25) is 0 Å². The predicted molar refractivity (Wildman–Crippen MR) is 161 cm³/mol. The van der Waals surface area contributed by atoms with Crippen LogP contribution < -0.4 is 21.6 Å². The van der Waals surface area contributed by atoms with Gasteiger partial charge in [-0.1, -0.05) is 45.0 Å². The van der Waals surface area contributed by atoms with E-state index in [0.29, 0.717) is 40.1 Å². The normalized spacial score (nSPS) is 16.5. The van der Waals surface area contributed by atoms with Crippen molar-refractivity contribution in [3.63, 3.8) is 0 Å².